The first-order valence-electron chi connectivity index (χ1n) is 11.6. The molecule has 0 atom stereocenters. The van der Waals surface area contributed by atoms with Crippen molar-refractivity contribution in [1.29, 1.82) is 0 Å². The number of rotatable bonds is 4. The highest BCUT2D eigenvalue weighted by Crippen LogP contribution is 2.43. The molecule has 3 aromatic heterocycles. The highest BCUT2D eigenvalue weighted by atomic mass is 16.5. The molecule has 0 fully saturated rings. The van der Waals surface area contributed by atoms with Crippen molar-refractivity contribution in [2.45, 2.75) is 39.5 Å². The van der Waals surface area contributed by atoms with Crippen LogP contribution in [0, 0.1) is 0 Å². The Kier molecular flexibility index (Phi) is 4.44. The molecule has 0 saturated carbocycles. The third-order valence-corrected chi connectivity index (χ3v) is 6.43. The van der Waals surface area contributed by atoms with Gasteiger partial charge < -0.3 is 8.83 Å². The molecule has 0 saturated heterocycles. The van der Waals surface area contributed by atoms with E-state index in [9.17, 15) is 0 Å². The van der Waals surface area contributed by atoms with E-state index < -0.39 is 0 Å². The van der Waals surface area contributed by atoms with Gasteiger partial charge in [-0.2, -0.15) is 4.98 Å². The number of nitrogens with zero attached hydrogens (tertiary/aromatic N) is 2. The first kappa shape index (κ1) is 19.9. The maximum Gasteiger partial charge on any atom is 0.302 e. The van der Waals surface area contributed by atoms with Crippen molar-refractivity contribution in [3.8, 4) is 17.1 Å². The summed E-state index contributed by atoms with van der Waals surface area (Å²) in [6.07, 6.45) is 0. The van der Waals surface area contributed by atoms with Crippen LogP contribution in [0.2, 0.25) is 0 Å². The summed E-state index contributed by atoms with van der Waals surface area (Å²) in [5.41, 5.74) is 7.21. The number of hydrogen-bond donors (Lipinski definition) is 0. The summed E-state index contributed by atoms with van der Waals surface area (Å²) >= 11 is 0. The molecule has 0 amide bonds. The Bertz CT molecular complexity index is 1590. The van der Waals surface area contributed by atoms with Crippen molar-refractivity contribution in [3.05, 3.63) is 83.9 Å². The van der Waals surface area contributed by atoms with Gasteiger partial charge in [-0.1, -0.05) is 94.4 Å². The van der Waals surface area contributed by atoms with Crippen molar-refractivity contribution in [2.75, 3.05) is 0 Å². The number of hydrogen-bond acceptors (Lipinski definition) is 3. The largest absolute Gasteiger partial charge is 0.425 e. The molecule has 3 heterocycles. The maximum atomic E-state index is 6.20. The summed E-state index contributed by atoms with van der Waals surface area (Å²) in [5, 5.41) is 2.02. The summed E-state index contributed by atoms with van der Waals surface area (Å²) < 4.78 is 14.6. The van der Waals surface area contributed by atoms with Gasteiger partial charge in [0, 0.05) is 10.9 Å². The zero-order chi connectivity index (χ0) is 22.7. The Morgan fingerprint density at radius 1 is 0.727 bits per heavy atom. The first-order valence-corrected chi connectivity index (χ1v) is 11.6. The fraction of sp³-hybridized carbons (Fsp3) is 0.207. The number of aromatic nitrogens is 2. The fourth-order valence-electron chi connectivity index (χ4n) is 4.87. The van der Waals surface area contributed by atoms with E-state index in [0.717, 1.165) is 33.3 Å². The number of fused-ring (bicyclic) bond motifs is 5. The van der Waals surface area contributed by atoms with E-state index in [1.165, 1.54) is 16.8 Å². The minimum Gasteiger partial charge on any atom is -0.425 e. The van der Waals surface area contributed by atoms with Crippen LogP contribution in [0.1, 0.15) is 50.7 Å². The van der Waals surface area contributed by atoms with Crippen LogP contribution in [-0.2, 0) is 0 Å². The van der Waals surface area contributed by atoms with Crippen molar-refractivity contribution < 1.29 is 8.83 Å². The molecule has 0 aliphatic carbocycles. The predicted octanol–water partition coefficient (Wildman–Crippen LogP) is 8.43. The smallest absolute Gasteiger partial charge is 0.302 e. The molecule has 0 aliphatic heterocycles. The molecule has 4 nitrogen and oxygen atoms in total. The molecule has 0 N–H and O–H groups in total. The molecule has 6 rings (SSSR count). The lowest BCUT2D eigenvalue weighted by molar-refractivity contribution is 0.520. The zero-order valence-corrected chi connectivity index (χ0v) is 19.3. The lowest BCUT2D eigenvalue weighted by Crippen LogP contribution is -2.08. The molecule has 0 radical (unpaired) electrons. The second-order valence-corrected chi connectivity index (χ2v) is 9.25. The molecule has 0 spiro atoms. The van der Waals surface area contributed by atoms with Crippen LogP contribution in [0.3, 0.4) is 0 Å². The van der Waals surface area contributed by atoms with Crippen LogP contribution < -0.4 is 0 Å². The van der Waals surface area contributed by atoms with Gasteiger partial charge in [0.25, 0.3) is 0 Å². The third-order valence-electron chi connectivity index (χ3n) is 6.43. The molecular weight excluding hydrogens is 408 g/mol. The van der Waals surface area contributed by atoms with Crippen molar-refractivity contribution in [2.24, 2.45) is 0 Å². The van der Waals surface area contributed by atoms with Gasteiger partial charge in [-0.3, -0.25) is 4.57 Å². The van der Waals surface area contributed by atoms with Gasteiger partial charge in [-0.15, -0.1) is 0 Å². The summed E-state index contributed by atoms with van der Waals surface area (Å²) in [4.78, 5) is 5.01. The minimum absolute atomic E-state index is 0.350. The van der Waals surface area contributed by atoms with Crippen LogP contribution in [0.15, 0.2) is 81.6 Å². The van der Waals surface area contributed by atoms with Crippen molar-refractivity contribution >= 4 is 33.4 Å². The minimum atomic E-state index is 0.350. The predicted molar refractivity (Wildman–Crippen MR) is 134 cm³/mol. The average Bonchev–Trinajstić information content (AvgIpc) is 3.46. The topological polar surface area (TPSA) is 44.1 Å². The van der Waals surface area contributed by atoms with Crippen LogP contribution >= 0.6 is 0 Å². The van der Waals surface area contributed by atoms with E-state index in [1.807, 2.05) is 24.3 Å². The monoisotopic (exact) mass is 434 g/mol. The molecule has 0 unspecified atom stereocenters. The van der Waals surface area contributed by atoms with Crippen LogP contribution in [-0.4, -0.2) is 9.55 Å². The van der Waals surface area contributed by atoms with Gasteiger partial charge in [0.15, 0.2) is 0 Å². The highest BCUT2D eigenvalue weighted by molar-refractivity contribution is 6.16. The normalized spacial score (nSPS) is 12.2. The second kappa shape index (κ2) is 7.38. The summed E-state index contributed by atoms with van der Waals surface area (Å²) in [6, 6.07) is 25.1. The number of furan rings is 2. The number of para-hydroxylation sites is 2. The molecule has 0 aliphatic rings. The maximum absolute atomic E-state index is 6.20. The molecule has 164 valence electrons. The van der Waals surface area contributed by atoms with Crippen molar-refractivity contribution in [1.82, 2.24) is 9.55 Å². The van der Waals surface area contributed by atoms with Crippen molar-refractivity contribution in [3.63, 3.8) is 0 Å². The van der Waals surface area contributed by atoms with Gasteiger partial charge in [0.05, 0.1) is 11.1 Å². The number of benzene rings is 3. The standard InChI is InChI=1S/C29H26N2O2/c1-17(2)20-14-10-15-21(18(3)4)25(20)31-26-24-22-13-8-9-16-23(22)32-29(24)33-28(26)30-27(31)19-11-6-5-7-12-19/h5-18H,1-4H3. The van der Waals surface area contributed by atoms with E-state index in [4.69, 9.17) is 13.8 Å². The second-order valence-electron chi connectivity index (χ2n) is 9.25. The Labute approximate surface area is 192 Å². The van der Waals surface area contributed by atoms with E-state index >= 15 is 0 Å². The SMILES string of the molecule is CC(C)c1cccc(C(C)C)c1-n1c(-c2ccccc2)nc2oc3oc4ccccc4c3c21. The lowest BCUT2D eigenvalue weighted by Gasteiger charge is -2.22. The van der Waals surface area contributed by atoms with Gasteiger partial charge in [0.2, 0.25) is 5.71 Å². The summed E-state index contributed by atoms with van der Waals surface area (Å²) in [5.74, 6) is 2.10. The Morgan fingerprint density at radius 3 is 2.09 bits per heavy atom. The van der Waals surface area contributed by atoms with Crippen LogP contribution in [0.5, 0.6) is 0 Å². The third kappa shape index (κ3) is 2.94. The Hall–Kier alpha value is -3.79. The highest BCUT2D eigenvalue weighted by Gasteiger charge is 2.27. The van der Waals surface area contributed by atoms with E-state index in [1.54, 1.807) is 0 Å². The quantitative estimate of drug-likeness (QED) is 0.280. The zero-order valence-electron chi connectivity index (χ0n) is 19.3. The Balaban J connectivity index is 1.84. The lowest BCUT2D eigenvalue weighted by atomic mass is 9.92. The first-order chi connectivity index (χ1) is 16.0. The number of imidazole rings is 1. The van der Waals surface area contributed by atoms with E-state index in [2.05, 4.69) is 80.8 Å². The summed E-state index contributed by atoms with van der Waals surface area (Å²) in [6.45, 7) is 8.99. The Morgan fingerprint density at radius 2 is 1.39 bits per heavy atom. The molecule has 0 bridgehead atoms. The molecular formula is C29H26N2O2. The molecule has 33 heavy (non-hydrogen) atoms. The van der Waals surface area contributed by atoms with Gasteiger partial charge in [-0.25, -0.2) is 0 Å². The van der Waals surface area contributed by atoms with Crippen LogP contribution in [0.4, 0.5) is 0 Å². The molecule has 6 aromatic rings. The van der Waals surface area contributed by atoms with Gasteiger partial charge >= 0.3 is 5.78 Å². The van der Waals surface area contributed by atoms with Crippen LogP contribution in [0.25, 0.3) is 50.4 Å². The van der Waals surface area contributed by atoms with E-state index in [-0.39, 0.29) is 0 Å². The molecule has 4 heteroatoms. The summed E-state index contributed by atoms with van der Waals surface area (Å²) in [7, 11) is 0. The average molecular weight is 435 g/mol. The van der Waals surface area contributed by atoms with Gasteiger partial charge in [-0.05, 0) is 29.0 Å². The van der Waals surface area contributed by atoms with E-state index in [0.29, 0.717) is 23.3 Å². The fourth-order valence-corrected chi connectivity index (χ4v) is 4.87. The molecule has 3 aromatic carbocycles. The van der Waals surface area contributed by atoms with Gasteiger partial charge in [0.1, 0.15) is 16.9 Å².